The van der Waals surface area contributed by atoms with E-state index in [1.54, 1.807) is 6.07 Å². The van der Waals surface area contributed by atoms with E-state index >= 15 is 0 Å². The van der Waals surface area contributed by atoms with Crippen molar-refractivity contribution in [2.24, 2.45) is 5.10 Å². The minimum Gasteiger partial charge on any atom is -0.273 e. The molecule has 1 aromatic heterocycles. The largest absolute Gasteiger partial charge is 0.273 e. The molecule has 0 fully saturated rings. The van der Waals surface area contributed by atoms with Crippen LogP contribution in [-0.4, -0.2) is 21.1 Å². The second kappa shape index (κ2) is 3.23. The molecular weight excluding hydrogens is 182 g/mol. The van der Waals surface area contributed by atoms with Crippen molar-refractivity contribution in [1.82, 2.24) is 14.9 Å². The van der Waals surface area contributed by atoms with Crippen molar-refractivity contribution in [3.05, 3.63) is 9.54 Å². The molecule has 1 aromatic rings. The van der Waals surface area contributed by atoms with E-state index in [1.807, 2.05) is 0 Å². The topological polar surface area (TPSA) is 72.7 Å². The first-order chi connectivity index (χ1) is 5.25. The predicted molar refractivity (Wildman–Crippen MR) is 44.3 cm³/mol. The minimum absolute atomic E-state index is 0.335. The first-order valence-electron chi connectivity index (χ1n) is 2.58. The van der Waals surface area contributed by atoms with Gasteiger partial charge in [-0.05, 0) is 24.4 Å². The third-order valence-corrected chi connectivity index (χ3v) is 1.44. The summed E-state index contributed by atoms with van der Waals surface area (Å²) in [5, 5.41) is 16.9. The molecule has 0 bridgehead atoms. The number of aromatic nitrogens is 3. The zero-order valence-electron chi connectivity index (χ0n) is 5.24. The maximum Gasteiger partial charge on any atom is 0.215 e. The van der Waals surface area contributed by atoms with Gasteiger partial charge in [-0.25, -0.2) is 0 Å². The monoisotopic (exact) mass is 185 g/mol. The van der Waals surface area contributed by atoms with Crippen LogP contribution in [0, 0.1) is 20.9 Å². The van der Waals surface area contributed by atoms with Crippen LogP contribution in [0.2, 0.25) is 0 Å². The fraction of sp³-hybridized carbons (Fsp3) is 0. The Kier molecular flexibility index (Phi) is 2.30. The molecule has 0 saturated carbocycles. The number of H-pyrrole nitrogens is 2. The van der Waals surface area contributed by atoms with Crippen molar-refractivity contribution in [1.29, 1.82) is 5.26 Å². The summed E-state index contributed by atoms with van der Waals surface area (Å²) in [5.41, 5.74) is 0. The number of rotatable bonds is 1. The van der Waals surface area contributed by atoms with Gasteiger partial charge in [0.2, 0.25) is 9.54 Å². The van der Waals surface area contributed by atoms with Gasteiger partial charge in [0, 0.05) is 0 Å². The summed E-state index contributed by atoms with van der Waals surface area (Å²) in [6.45, 7) is 0. The second-order valence-electron chi connectivity index (χ2n) is 1.55. The van der Waals surface area contributed by atoms with E-state index in [0.717, 1.165) is 6.21 Å². The molecule has 0 aliphatic heterocycles. The Morgan fingerprint density at radius 1 is 1.45 bits per heavy atom. The molecule has 0 aliphatic rings. The van der Waals surface area contributed by atoms with E-state index in [2.05, 4.69) is 15.3 Å². The smallest absolute Gasteiger partial charge is 0.215 e. The number of nitrogens with zero attached hydrogens (tertiary/aromatic N) is 3. The van der Waals surface area contributed by atoms with Crippen molar-refractivity contribution in [3.8, 4) is 6.07 Å². The first kappa shape index (κ1) is 7.84. The Morgan fingerprint density at radius 3 is 2.45 bits per heavy atom. The van der Waals surface area contributed by atoms with Crippen LogP contribution in [0.25, 0.3) is 0 Å². The molecule has 0 aliphatic carbocycles. The summed E-state index contributed by atoms with van der Waals surface area (Å²) in [6, 6.07) is 1.73. The molecule has 7 heteroatoms. The first-order valence-corrected chi connectivity index (χ1v) is 3.39. The van der Waals surface area contributed by atoms with Gasteiger partial charge in [-0.15, -0.1) is 0 Å². The number of nitriles is 1. The summed E-state index contributed by atoms with van der Waals surface area (Å²) < 4.78 is 1.91. The van der Waals surface area contributed by atoms with Gasteiger partial charge in [-0.1, -0.05) is 0 Å². The SMILES string of the molecule is N#C/C=N/n1c(=S)[nH][nH]c1=S. The van der Waals surface area contributed by atoms with Crippen molar-refractivity contribution in [3.63, 3.8) is 0 Å². The van der Waals surface area contributed by atoms with Crippen molar-refractivity contribution in [2.75, 3.05) is 0 Å². The van der Waals surface area contributed by atoms with E-state index in [-0.39, 0.29) is 0 Å². The van der Waals surface area contributed by atoms with Crippen LogP contribution in [0.15, 0.2) is 5.10 Å². The van der Waals surface area contributed by atoms with Gasteiger partial charge in [0.25, 0.3) is 0 Å². The average Bonchev–Trinajstić information content (AvgIpc) is 2.29. The van der Waals surface area contributed by atoms with Crippen LogP contribution in [0.4, 0.5) is 0 Å². The Morgan fingerprint density at radius 2 is 2.00 bits per heavy atom. The highest BCUT2D eigenvalue weighted by Gasteiger charge is 1.90. The molecule has 0 unspecified atom stereocenters. The third-order valence-electron chi connectivity index (χ3n) is 0.892. The fourth-order valence-electron chi connectivity index (χ4n) is 0.493. The van der Waals surface area contributed by atoms with Crippen molar-refractivity contribution in [2.45, 2.75) is 0 Å². The molecule has 2 N–H and O–H groups in total. The molecule has 11 heavy (non-hydrogen) atoms. The van der Waals surface area contributed by atoms with E-state index < -0.39 is 0 Å². The van der Waals surface area contributed by atoms with Gasteiger partial charge in [0.05, 0.1) is 0 Å². The summed E-state index contributed by atoms with van der Waals surface area (Å²) in [6.07, 6.45) is 1.05. The predicted octanol–water partition coefficient (Wildman–Crippen LogP) is 0.961. The molecule has 0 amide bonds. The maximum atomic E-state index is 8.15. The van der Waals surface area contributed by atoms with Gasteiger partial charge in [0.1, 0.15) is 12.3 Å². The van der Waals surface area contributed by atoms with Crippen LogP contribution < -0.4 is 0 Å². The van der Waals surface area contributed by atoms with Crippen LogP contribution in [0.5, 0.6) is 0 Å². The highest BCUT2D eigenvalue weighted by atomic mass is 32.1. The van der Waals surface area contributed by atoms with Crippen LogP contribution in [0.1, 0.15) is 0 Å². The number of aromatic amines is 2. The highest BCUT2D eigenvalue weighted by molar-refractivity contribution is 7.72. The summed E-state index contributed by atoms with van der Waals surface area (Å²) >= 11 is 9.55. The number of nitrogens with one attached hydrogen (secondary N) is 2. The van der Waals surface area contributed by atoms with Crippen molar-refractivity contribution < 1.29 is 0 Å². The molecule has 1 rings (SSSR count). The molecule has 0 atom stereocenters. The molecule has 0 spiro atoms. The summed E-state index contributed by atoms with van der Waals surface area (Å²) in [7, 11) is 0. The molecule has 5 nitrogen and oxygen atoms in total. The average molecular weight is 185 g/mol. The lowest BCUT2D eigenvalue weighted by Crippen LogP contribution is -1.87. The number of hydrogen-bond acceptors (Lipinski definition) is 4. The molecule has 1 heterocycles. The van der Waals surface area contributed by atoms with E-state index in [4.69, 9.17) is 29.7 Å². The summed E-state index contributed by atoms with van der Waals surface area (Å²) in [4.78, 5) is 0. The van der Waals surface area contributed by atoms with Gasteiger partial charge in [0.15, 0.2) is 0 Å². The molecule has 0 aromatic carbocycles. The number of hydrogen-bond donors (Lipinski definition) is 2. The van der Waals surface area contributed by atoms with Gasteiger partial charge in [-0.2, -0.15) is 15.0 Å². The van der Waals surface area contributed by atoms with E-state index in [0.29, 0.717) is 9.54 Å². The molecule has 56 valence electrons. The lowest BCUT2D eigenvalue weighted by Gasteiger charge is -1.83. The van der Waals surface area contributed by atoms with Crippen LogP contribution in [-0.2, 0) is 0 Å². The standard InChI is InChI=1S/C4H3N5S2/c5-1-2-6-9-3(10)7-8-4(9)11/h2H,(H,7,10)(H,8,11)/b6-2+. The quantitative estimate of drug-likeness (QED) is 0.505. The molecule has 0 saturated heterocycles. The molecular formula is C4H3N5S2. The van der Waals surface area contributed by atoms with Gasteiger partial charge >= 0.3 is 0 Å². The van der Waals surface area contributed by atoms with Crippen molar-refractivity contribution >= 4 is 30.7 Å². The van der Waals surface area contributed by atoms with Crippen LogP contribution in [0.3, 0.4) is 0 Å². The van der Waals surface area contributed by atoms with Gasteiger partial charge in [-0.3, -0.25) is 10.2 Å². The summed E-state index contributed by atoms with van der Waals surface area (Å²) in [5.74, 6) is 0. The van der Waals surface area contributed by atoms with E-state index in [1.165, 1.54) is 4.68 Å². The lowest BCUT2D eigenvalue weighted by molar-refractivity contribution is 0.849. The van der Waals surface area contributed by atoms with Gasteiger partial charge < -0.3 is 0 Å². The highest BCUT2D eigenvalue weighted by Crippen LogP contribution is 1.88. The zero-order chi connectivity index (χ0) is 8.27. The Hall–Kier alpha value is -1.26. The van der Waals surface area contributed by atoms with Crippen LogP contribution >= 0.6 is 24.4 Å². The lowest BCUT2D eigenvalue weighted by atomic mass is 10.9. The Labute approximate surface area is 72.0 Å². The molecule has 0 radical (unpaired) electrons. The second-order valence-corrected chi connectivity index (χ2v) is 2.32. The normalized spacial score (nSPS) is 10.1. The zero-order valence-corrected chi connectivity index (χ0v) is 6.87. The fourth-order valence-corrected chi connectivity index (χ4v) is 0.930. The maximum absolute atomic E-state index is 8.15. The third kappa shape index (κ3) is 1.60. The Balaban J connectivity index is 3.25. The minimum atomic E-state index is 0.335. The van der Waals surface area contributed by atoms with E-state index in [9.17, 15) is 0 Å². The Bertz CT molecular complexity index is 385.